The largest absolute Gasteiger partial charge is 0.433 e. The molecule has 0 atom stereocenters. The number of nitrogen functional groups attached to an aromatic ring is 1. The number of hydrogen-bond acceptors (Lipinski definition) is 4. The molecule has 1 heterocycles. The molecule has 7 heteroatoms. The van der Waals surface area contributed by atoms with Crippen molar-refractivity contribution in [1.82, 2.24) is 4.98 Å². The minimum atomic E-state index is -4.47. The monoisotopic (exact) mass is 291 g/mol. The van der Waals surface area contributed by atoms with E-state index < -0.39 is 11.9 Å². The molecule has 1 aromatic rings. The molecule has 0 unspecified atom stereocenters. The van der Waals surface area contributed by atoms with E-state index in [4.69, 9.17) is 10.5 Å². The van der Waals surface area contributed by atoms with E-state index in [0.717, 1.165) is 18.7 Å². The number of nitrogens with two attached hydrogens (primary N) is 1. The van der Waals surface area contributed by atoms with Gasteiger partial charge in [0.05, 0.1) is 24.2 Å². The lowest BCUT2D eigenvalue weighted by molar-refractivity contribution is -0.141. The predicted octanol–water partition coefficient (Wildman–Crippen LogP) is 3.16. The number of halogens is 3. The van der Waals surface area contributed by atoms with Crippen LogP contribution in [0.1, 0.15) is 26.0 Å². The molecule has 1 aromatic heterocycles. The van der Waals surface area contributed by atoms with Gasteiger partial charge in [0.1, 0.15) is 5.69 Å². The number of aromatic nitrogens is 1. The van der Waals surface area contributed by atoms with Gasteiger partial charge in [0.15, 0.2) is 0 Å². The van der Waals surface area contributed by atoms with Crippen LogP contribution in [-0.4, -0.2) is 24.7 Å². The van der Waals surface area contributed by atoms with Gasteiger partial charge in [-0.25, -0.2) is 4.98 Å². The van der Waals surface area contributed by atoms with E-state index >= 15 is 0 Å². The highest BCUT2D eigenvalue weighted by Gasteiger charge is 2.32. The number of ether oxygens (including phenoxy) is 1. The lowest BCUT2D eigenvalue weighted by atomic mass is 10.1. The summed E-state index contributed by atoms with van der Waals surface area (Å²) in [6.45, 7) is 5.63. The molecule has 0 bridgehead atoms. The molecule has 114 valence electrons. The number of nitrogens with one attached hydrogen (secondary N) is 1. The lowest BCUT2D eigenvalue weighted by Gasteiger charge is -2.12. The SMILES string of the molecule is CC(C)CCOCCNc1cc(C(F)(F)F)ncc1N. The van der Waals surface area contributed by atoms with Gasteiger partial charge in [0.25, 0.3) is 0 Å². The maximum Gasteiger partial charge on any atom is 0.433 e. The van der Waals surface area contributed by atoms with Gasteiger partial charge in [0, 0.05) is 13.2 Å². The summed E-state index contributed by atoms with van der Waals surface area (Å²) in [6, 6.07) is 0.906. The van der Waals surface area contributed by atoms with Crippen LogP contribution in [0.5, 0.6) is 0 Å². The molecule has 20 heavy (non-hydrogen) atoms. The van der Waals surface area contributed by atoms with Crippen LogP contribution in [0, 0.1) is 5.92 Å². The first kappa shape index (κ1) is 16.6. The van der Waals surface area contributed by atoms with E-state index in [1.165, 1.54) is 0 Å². The number of rotatable bonds is 7. The zero-order valence-electron chi connectivity index (χ0n) is 11.6. The van der Waals surface area contributed by atoms with E-state index in [2.05, 4.69) is 24.1 Å². The number of hydrogen-bond donors (Lipinski definition) is 2. The second-order valence-corrected chi connectivity index (χ2v) is 4.88. The molecular formula is C13H20F3N3O. The summed E-state index contributed by atoms with van der Waals surface area (Å²) in [5.41, 5.74) is 5.02. The van der Waals surface area contributed by atoms with Crippen LogP contribution >= 0.6 is 0 Å². The lowest BCUT2D eigenvalue weighted by Crippen LogP contribution is -2.14. The fraction of sp³-hybridized carbons (Fsp3) is 0.615. The molecule has 0 aliphatic heterocycles. The molecule has 0 amide bonds. The molecule has 1 rings (SSSR count). The summed E-state index contributed by atoms with van der Waals surface area (Å²) in [7, 11) is 0. The standard InChI is InChI=1S/C13H20F3N3O/c1-9(2)3-5-20-6-4-18-11-7-12(13(14,15)16)19-8-10(11)17/h7-9H,3-6,17H2,1-2H3,(H,18,19). The van der Waals surface area contributed by atoms with Gasteiger partial charge in [0.2, 0.25) is 0 Å². The van der Waals surface area contributed by atoms with Gasteiger partial charge in [-0.05, 0) is 18.4 Å². The second-order valence-electron chi connectivity index (χ2n) is 4.88. The minimum Gasteiger partial charge on any atom is -0.396 e. The molecule has 3 N–H and O–H groups in total. The first-order valence-corrected chi connectivity index (χ1v) is 6.45. The van der Waals surface area contributed by atoms with Crippen molar-refractivity contribution < 1.29 is 17.9 Å². The number of anilines is 2. The Morgan fingerprint density at radius 2 is 2.05 bits per heavy atom. The van der Waals surface area contributed by atoms with Crippen LogP contribution in [0.15, 0.2) is 12.3 Å². The van der Waals surface area contributed by atoms with Crippen LogP contribution in [-0.2, 0) is 10.9 Å². The second kappa shape index (κ2) is 7.33. The third-order valence-corrected chi connectivity index (χ3v) is 2.63. The first-order valence-electron chi connectivity index (χ1n) is 6.45. The summed E-state index contributed by atoms with van der Waals surface area (Å²) in [5.74, 6) is 0.563. The van der Waals surface area contributed by atoms with Crippen LogP contribution in [0.25, 0.3) is 0 Å². The molecule has 0 aromatic carbocycles. The van der Waals surface area contributed by atoms with Crippen molar-refractivity contribution in [3.63, 3.8) is 0 Å². The van der Waals surface area contributed by atoms with Gasteiger partial charge >= 0.3 is 6.18 Å². The van der Waals surface area contributed by atoms with Gasteiger partial charge in [-0.15, -0.1) is 0 Å². The Bertz CT molecular complexity index is 422. The van der Waals surface area contributed by atoms with Crippen molar-refractivity contribution in [1.29, 1.82) is 0 Å². The minimum absolute atomic E-state index is 0.181. The topological polar surface area (TPSA) is 60.2 Å². The van der Waals surface area contributed by atoms with Crippen molar-refractivity contribution in [2.75, 3.05) is 30.8 Å². The zero-order valence-corrected chi connectivity index (χ0v) is 11.6. The summed E-state index contributed by atoms with van der Waals surface area (Å²) in [6.07, 6.45) is -2.52. The third-order valence-electron chi connectivity index (χ3n) is 2.63. The third kappa shape index (κ3) is 5.64. The van der Waals surface area contributed by atoms with Crippen LogP contribution in [0.4, 0.5) is 24.5 Å². The summed E-state index contributed by atoms with van der Waals surface area (Å²) < 4.78 is 42.9. The number of nitrogens with zero attached hydrogens (tertiary/aromatic N) is 1. The highest BCUT2D eigenvalue weighted by Crippen LogP contribution is 2.30. The maximum atomic E-state index is 12.5. The van der Waals surface area contributed by atoms with Crippen LogP contribution in [0.3, 0.4) is 0 Å². The predicted molar refractivity (Wildman–Crippen MR) is 72.4 cm³/mol. The van der Waals surface area contributed by atoms with Crippen molar-refractivity contribution in [3.8, 4) is 0 Å². The molecule has 0 saturated carbocycles. The molecule has 0 fully saturated rings. The Hall–Kier alpha value is -1.50. The van der Waals surface area contributed by atoms with E-state index in [1.807, 2.05) is 0 Å². The Morgan fingerprint density at radius 1 is 1.35 bits per heavy atom. The molecule has 0 aliphatic rings. The zero-order chi connectivity index (χ0) is 15.2. The average molecular weight is 291 g/mol. The molecule has 0 radical (unpaired) electrons. The summed E-state index contributed by atoms with van der Waals surface area (Å²) >= 11 is 0. The highest BCUT2D eigenvalue weighted by molar-refractivity contribution is 5.65. The fourth-order valence-corrected chi connectivity index (χ4v) is 1.45. The van der Waals surface area contributed by atoms with Crippen molar-refractivity contribution in [3.05, 3.63) is 18.0 Å². The van der Waals surface area contributed by atoms with Crippen molar-refractivity contribution >= 4 is 11.4 Å². The maximum absolute atomic E-state index is 12.5. The Labute approximate surface area is 116 Å². The van der Waals surface area contributed by atoms with E-state index in [1.54, 1.807) is 0 Å². The average Bonchev–Trinajstić information content (AvgIpc) is 2.33. The van der Waals surface area contributed by atoms with Gasteiger partial charge in [-0.2, -0.15) is 13.2 Å². The Balaban J connectivity index is 2.43. The Morgan fingerprint density at radius 3 is 2.65 bits per heavy atom. The number of pyridine rings is 1. The van der Waals surface area contributed by atoms with E-state index in [-0.39, 0.29) is 11.4 Å². The van der Waals surface area contributed by atoms with Crippen LogP contribution in [0.2, 0.25) is 0 Å². The molecule has 4 nitrogen and oxygen atoms in total. The quantitative estimate of drug-likeness (QED) is 0.758. The van der Waals surface area contributed by atoms with E-state index in [0.29, 0.717) is 25.7 Å². The highest BCUT2D eigenvalue weighted by atomic mass is 19.4. The molecule has 0 aliphatic carbocycles. The van der Waals surface area contributed by atoms with Gasteiger partial charge < -0.3 is 15.8 Å². The first-order chi connectivity index (χ1) is 9.30. The van der Waals surface area contributed by atoms with Gasteiger partial charge in [-0.3, -0.25) is 0 Å². The van der Waals surface area contributed by atoms with Crippen molar-refractivity contribution in [2.45, 2.75) is 26.4 Å². The molecule has 0 saturated heterocycles. The molecule has 0 spiro atoms. The molecular weight excluding hydrogens is 271 g/mol. The van der Waals surface area contributed by atoms with Crippen LogP contribution < -0.4 is 11.1 Å². The fourth-order valence-electron chi connectivity index (χ4n) is 1.45. The smallest absolute Gasteiger partial charge is 0.396 e. The summed E-state index contributed by atoms with van der Waals surface area (Å²) in [5, 5.41) is 2.82. The van der Waals surface area contributed by atoms with E-state index in [9.17, 15) is 13.2 Å². The Kier molecular flexibility index (Phi) is 6.06. The van der Waals surface area contributed by atoms with Crippen molar-refractivity contribution in [2.24, 2.45) is 5.92 Å². The number of alkyl halides is 3. The van der Waals surface area contributed by atoms with Gasteiger partial charge in [-0.1, -0.05) is 13.8 Å². The summed E-state index contributed by atoms with van der Waals surface area (Å²) in [4.78, 5) is 3.27. The normalized spacial score (nSPS) is 11.9.